The standard InChI is InChI=1S/C5H11F.H2O4S/c1-2-3-4-5-6;1-5(2,3)4/h2-5H2,1H3;(H2,1,2,3,4). The number of halogens is 1. The molecule has 0 saturated carbocycles. The van der Waals surface area contributed by atoms with Crippen molar-refractivity contribution in [2.45, 2.75) is 26.2 Å². The van der Waals surface area contributed by atoms with Crippen LogP contribution in [0, 0.1) is 0 Å². The van der Waals surface area contributed by atoms with Gasteiger partial charge in [-0.15, -0.1) is 0 Å². The molecule has 0 aliphatic rings. The van der Waals surface area contributed by atoms with Gasteiger partial charge in [0.1, 0.15) is 0 Å². The molecule has 0 bridgehead atoms. The van der Waals surface area contributed by atoms with E-state index >= 15 is 0 Å². The summed E-state index contributed by atoms with van der Waals surface area (Å²) in [7, 11) is -4.67. The lowest BCUT2D eigenvalue weighted by atomic mass is 10.3. The predicted molar refractivity (Wildman–Crippen MR) is 39.7 cm³/mol. The Morgan fingerprint density at radius 1 is 1.27 bits per heavy atom. The van der Waals surface area contributed by atoms with Gasteiger partial charge in [-0.05, 0) is 6.42 Å². The van der Waals surface area contributed by atoms with Crippen molar-refractivity contribution in [3.05, 3.63) is 0 Å². The van der Waals surface area contributed by atoms with Crippen LogP contribution in [0.4, 0.5) is 4.39 Å². The van der Waals surface area contributed by atoms with E-state index < -0.39 is 10.4 Å². The highest BCUT2D eigenvalue weighted by atomic mass is 32.3. The molecule has 4 nitrogen and oxygen atoms in total. The van der Waals surface area contributed by atoms with E-state index in [1.807, 2.05) is 0 Å². The van der Waals surface area contributed by atoms with Crippen molar-refractivity contribution in [1.82, 2.24) is 0 Å². The number of hydrogen-bond acceptors (Lipinski definition) is 2. The van der Waals surface area contributed by atoms with E-state index in [1.165, 1.54) is 0 Å². The molecule has 0 atom stereocenters. The van der Waals surface area contributed by atoms with Crippen LogP contribution in [0.2, 0.25) is 0 Å². The Kier molecular flexibility index (Phi) is 9.62. The van der Waals surface area contributed by atoms with Gasteiger partial charge < -0.3 is 0 Å². The molecular formula is C5H13FO4S. The van der Waals surface area contributed by atoms with E-state index in [1.54, 1.807) is 0 Å². The third-order valence-corrected chi connectivity index (χ3v) is 0.737. The van der Waals surface area contributed by atoms with Crippen molar-refractivity contribution in [3.63, 3.8) is 0 Å². The highest BCUT2D eigenvalue weighted by molar-refractivity contribution is 7.79. The van der Waals surface area contributed by atoms with Crippen LogP contribution in [0.5, 0.6) is 0 Å². The zero-order valence-electron chi connectivity index (χ0n) is 6.33. The maximum atomic E-state index is 11.2. The molecule has 0 aliphatic carbocycles. The minimum Gasteiger partial charge on any atom is -0.264 e. The van der Waals surface area contributed by atoms with Crippen LogP contribution < -0.4 is 0 Å². The molecule has 0 aromatic heterocycles. The molecule has 0 unspecified atom stereocenters. The average molecular weight is 188 g/mol. The van der Waals surface area contributed by atoms with Gasteiger partial charge in [-0.3, -0.25) is 13.5 Å². The Hall–Kier alpha value is -0.200. The molecule has 0 amide bonds. The predicted octanol–water partition coefficient (Wildman–Crippen LogP) is 1.49. The van der Waals surface area contributed by atoms with Crippen LogP contribution in [0.3, 0.4) is 0 Å². The van der Waals surface area contributed by atoms with Crippen molar-refractivity contribution in [3.8, 4) is 0 Å². The van der Waals surface area contributed by atoms with Gasteiger partial charge in [-0.25, -0.2) is 0 Å². The number of alkyl halides is 1. The largest absolute Gasteiger partial charge is 0.394 e. The van der Waals surface area contributed by atoms with E-state index in [0.717, 1.165) is 19.3 Å². The number of unbranched alkanes of at least 4 members (excludes halogenated alkanes) is 2. The smallest absolute Gasteiger partial charge is 0.264 e. The fourth-order valence-electron chi connectivity index (χ4n) is 0.344. The fourth-order valence-corrected chi connectivity index (χ4v) is 0.344. The molecule has 0 aliphatic heterocycles. The first-order valence-corrected chi connectivity index (χ1v) is 4.57. The Balaban J connectivity index is 0. The van der Waals surface area contributed by atoms with Crippen LogP contribution in [0.25, 0.3) is 0 Å². The Morgan fingerprint density at radius 2 is 1.64 bits per heavy atom. The average Bonchev–Trinajstić information content (AvgIpc) is 1.79. The number of rotatable bonds is 3. The molecule has 0 radical (unpaired) electrons. The minimum absolute atomic E-state index is 0.145. The highest BCUT2D eigenvalue weighted by Gasteiger charge is 1.84. The summed E-state index contributed by atoms with van der Waals surface area (Å²) in [5, 5.41) is 0. The summed E-state index contributed by atoms with van der Waals surface area (Å²) in [5.74, 6) is 0. The molecule has 0 heterocycles. The van der Waals surface area contributed by atoms with Crippen LogP contribution in [0.1, 0.15) is 26.2 Å². The Bertz CT molecular complexity index is 142. The molecule has 0 saturated heterocycles. The zero-order chi connectivity index (χ0) is 9.33. The van der Waals surface area contributed by atoms with E-state index in [2.05, 4.69) is 6.92 Å². The molecule has 11 heavy (non-hydrogen) atoms. The van der Waals surface area contributed by atoms with Crippen LogP contribution in [-0.4, -0.2) is 24.2 Å². The fraction of sp³-hybridized carbons (Fsp3) is 1.00. The quantitative estimate of drug-likeness (QED) is 0.519. The lowest BCUT2D eigenvalue weighted by molar-refractivity contribution is 0.381. The van der Waals surface area contributed by atoms with Crippen LogP contribution in [0.15, 0.2) is 0 Å². The van der Waals surface area contributed by atoms with Crippen molar-refractivity contribution in [2.24, 2.45) is 0 Å². The third kappa shape index (κ3) is 76.1. The van der Waals surface area contributed by atoms with Gasteiger partial charge in [0.25, 0.3) is 0 Å². The SMILES string of the molecule is CCCCCF.O=S(=O)(O)O. The molecule has 6 heteroatoms. The molecular weight excluding hydrogens is 175 g/mol. The summed E-state index contributed by atoms with van der Waals surface area (Å²) in [6.45, 7) is 1.92. The second-order valence-corrected chi connectivity index (χ2v) is 2.74. The van der Waals surface area contributed by atoms with E-state index in [-0.39, 0.29) is 6.67 Å². The van der Waals surface area contributed by atoms with Crippen molar-refractivity contribution >= 4 is 10.4 Å². The van der Waals surface area contributed by atoms with E-state index in [4.69, 9.17) is 17.5 Å². The zero-order valence-corrected chi connectivity index (χ0v) is 7.14. The summed E-state index contributed by atoms with van der Waals surface area (Å²) >= 11 is 0. The molecule has 0 rings (SSSR count). The molecule has 0 aromatic rings. The first-order chi connectivity index (χ1) is 4.91. The van der Waals surface area contributed by atoms with Gasteiger partial charge in [0.05, 0.1) is 6.67 Å². The lowest BCUT2D eigenvalue weighted by Crippen LogP contribution is -1.89. The Labute approximate surface area is 66.0 Å². The third-order valence-electron chi connectivity index (χ3n) is 0.737. The van der Waals surface area contributed by atoms with Crippen LogP contribution >= 0.6 is 0 Å². The summed E-state index contributed by atoms with van der Waals surface area (Å²) < 4.78 is 42.8. The molecule has 0 spiro atoms. The van der Waals surface area contributed by atoms with Gasteiger partial charge in [-0.1, -0.05) is 19.8 Å². The van der Waals surface area contributed by atoms with Gasteiger partial charge in [-0.2, -0.15) is 8.42 Å². The summed E-state index contributed by atoms with van der Waals surface area (Å²) in [6, 6.07) is 0. The van der Waals surface area contributed by atoms with Crippen molar-refractivity contribution < 1.29 is 21.9 Å². The summed E-state index contributed by atoms with van der Waals surface area (Å²) in [4.78, 5) is 0. The molecule has 70 valence electrons. The summed E-state index contributed by atoms with van der Waals surface area (Å²) in [5.41, 5.74) is 0. The molecule has 0 fully saturated rings. The van der Waals surface area contributed by atoms with Crippen molar-refractivity contribution in [2.75, 3.05) is 6.67 Å². The summed E-state index contributed by atoms with van der Waals surface area (Å²) in [6.07, 6.45) is 2.90. The topological polar surface area (TPSA) is 74.6 Å². The number of hydrogen-bond donors (Lipinski definition) is 2. The van der Waals surface area contributed by atoms with Crippen molar-refractivity contribution in [1.29, 1.82) is 0 Å². The highest BCUT2D eigenvalue weighted by Crippen LogP contribution is 1.91. The maximum Gasteiger partial charge on any atom is 0.394 e. The molecule has 2 N–H and O–H groups in total. The van der Waals surface area contributed by atoms with Gasteiger partial charge in [0.2, 0.25) is 0 Å². The van der Waals surface area contributed by atoms with Gasteiger partial charge >= 0.3 is 10.4 Å². The van der Waals surface area contributed by atoms with Crippen LogP contribution in [-0.2, 0) is 10.4 Å². The second kappa shape index (κ2) is 7.90. The lowest BCUT2D eigenvalue weighted by Gasteiger charge is -1.84. The second-order valence-electron chi connectivity index (χ2n) is 1.84. The minimum atomic E-state index is -4.67. The first-order valence-electron chi connectivity index (χ1n) is 3.17. The normalized spacial score (nSPS) is 10.2. The maximum absolute atomic E-state index is 11.2. The monoisotopic (exact) mass is 188 g/mol. The van der Waals surface area contributed by atoms with Gasteiger partial charge in [0.15, 0.2) is 0 Å². The van der Waals surface area contributed by atoms with Gasteiger partial charge in [0, 0.05) is 0 Å². The first kappa shape index (κ1) is 13.4. The molecule has 0 aromatic carbocycles. The van der Waals surface area contributed by atoms with E-state index in [9.17, 15) is 4.39 Å². The Morgan fingerprint density at radius 3 is 1.73 bits per heavy atom. The van der Waals surface area contributed by atoms with E-state index in [0.29, 0.717) is 0 Å².